The first kappa shape index (κ1) is 20.1. The molecule has 1 aromatic carbocycles. The van der Waals surface area contributed by atoms with E-state index in [2.05, 4.69) is 29.5 Å². The van der Waals surface area contributed by atoms with Crippen LogP contribution < -0.4 is 10.6 Å². The van der Waals surface area contributed by atoms with Gasteiger partial charge in [0, 0.05) is 22.7 Å². The van der Waals surface area contributed by atoms with Crippen molar-refractivity contribution in [1.82, 2.24) is 10.3 Å². The third kappa shape index (κ3) is 4.69. The fraction of sp³-hybridized carbons (Fsp3) is 0.450. The SMILES string of the molecule is Cc1nc(C(C)C)sc1C(=O)Nc1cccc(C(=O)NC(C)(C)C)c1C. The maximum Gasteiger partial charge on any atom is 0.267 e. The van der Waals surface area contributed by atoms with Crippen molar-refractivity contribution in [3.05, 3.63) is 44.9 Å². The van der Waals surface area contributed by atoms with Gasteiger partial charge in [0.25, 0.3) is 11.8 Å². The number of carbonyl (C=O) groups excluding carboxylic acids is 2. The Kier molecular flexibility index (Phi) is 5.86. The van der Waals surface area contributed by atoms with Crippen molar-refractivity contribution in [1.29, 1.82) is 0 Å². The molecule has 0 fully saturated rings. The summed E-state index contributed by atoms with van der Waals surface area (Å²) in [5.41, 5.74) is 2.34. The third-order valence-electron chi connectivity index (χ3n) is 3.83. The Morgan fingerprint density at radius 3 is 2.31 bits per heavy atom. The molecule has 0 spiro atoms. The summed E-state index contributed by atoms with van der Waals surface area (Å²) >= 11 is 1.42. The largest absolute Gasteiger partial charge is 0.347 e. The molecule has 0 saturated carbocycles. The van der Waals surface area contributed by atoms with Crippen LogP contribution in [-0.4, -0.2) is 22.3 Å². The number of aryl methyl sites for hydroxylation is 1. The Labute approximate surface area is 159 Å². The van der Waals surface area contributed by atoms with Gasteiger partial charge in [0.2, 0.25) is 0 Å². The Bertz CT molecular complexity index is 832. The second-order valence-electron chi connectivity index (χ2n) is 7.76. The van der Waals surface area contributed by atoms with Crippen molar-refractivity contribution < 1.29 is 9.59 Å². The molecule has 2 aromatic rings. The van der Waals surface area contributed by atoms with Gasteiger partial charge in [-0.1, -0.05) is 19.9 Å². The molecule has 0 unspecified atom stereocenters. The van der Waals surface area contributed by atoms with E-state index in [0.29, 0.717) is 16.1 Å². The number of benzene rings is 1. The van der Waals surface area contributed by atoms with Gasteiger partial charge in [0.05, 0.1) is 10.7 Å². The topological polar surface area (TPSA) is 71.1 Å². The van der Waals surface area contributed by atoms with Gasteiger partial charge in [-0.05, 0) is 52.3 Å². The van der Waals surface area contributed by atoms with Crippen LogP contribution in [0.15, 0.2) is 18.2 Å². The van der Waals surface area contributed by atoms with Crippen molar-refractivity contribution in [2.24, 2.45) is 0 Å². The van der Waals surface area contributed by atoms with E-state index in [-0.39, 0.29) is 23.3 Å². The number of nitrogens with zero attached hydrogens (tertiary/aromatic N) is 1. The summed E-state index contributed by atoms with van der Waals surface area (Å²) in [5, 5.41) is 6.83. The van der Waals surface area contributed by atoms with Gasteiger partial charge in [-0.2, -0.15) is 0 Å². The maximum absolute atomic E-state index is 12.7. The van der Waals surface area contributed by atoms with Crippen molar-refractivity contribution in [2.45, 2.75) is 59.9 Å². The highest BCUT2D eigenvalue weighted by Crippen LogP contribution is 2.26. The molecule has 0 aliphatic rings. The van der Waals surface area contributed by atoms with E-state index in [1.54, 1.807) is 18.2 Å². The summed E-state index contributed by atoms with van der Waals surface area (Å²) in [5.74, 6) is -0.0584. The first-order valence-electron chi connectivity index (χ1n) is 8.70. The normalized spacial score (nSPS) is 11.5. The predicted octanol–water partition coefficient (Wildman–Crippen LogP) is 4.66. The molecule has 0 aliphatic carbocycles. The summed E-state index contributed by atoms with van der Waals surface area (Å²) in [6.07, 6.45) is 0. The standard InChI is InChI=1S/C20H27N3O2S/c1-11(2)19-21-13(4)16(26-19)18(25)22-15-10-8-9-14(12(15)3)17(24)23-20(5,6)7/h8-11H,1-7H3,(H,22,25)(H,23,24). The van der Waals surface area contributed by atoms with Crippen LogP contribution in [0.1, 0.15) is 76.8 Å². The molecule has 1 aromatic heterocycles. The Morgan fingerprint density at radius 2 is 1.77 bits per heavy atom. The van der Waals surface area contributed by atoms with Crippen LogP contribution in [0.2, 0.25) is 0 Å². The van der Waals surface area contributed by atoms with Crippen LogP contribution >= 0.6 is 11.3 Å². The molecule has 0 atom stereocenters. The maximum atomic E-state index is 12.7. The minimum absolute atomic E-state index is 0.151. The first-order chi connectivity index (χ1) is 12.0. The van der Waals surface area contributed by atoms with Gasteiger partial charge in [-0.3, -0.25) is 9.59 Å². The molecule has 2 N–H and O–H groups in total. The highest BCUT2D eigenvalue weighted by molar-refractivity contribution is 7.14. The number of thiazole rings is 1. The van der Waals surface area contributed by atoms with Gasteiger partial charge in [0.1, 0.15) is 4.88 Å². The summed E-state index contributed by atoms with van der Waals surface area (Å²) in [6, 6.07) is 5.35. The Hall–Kier alpha value is -2.21. The number of aromatic nitrogens is 1. The molecule has 0 radical (unpaired) electrons. The third-order valence-corrected chi connectivity index (χ3v) is 5.29. The fourth-order valence-electron chi connectivity index (χ4n) is 2.48. The van der Waals surface area contributed by atoms with Gasteiger partial charge >= 0.3 is 0 Å². The molecule has 6 heteroatoms. The van der Waals surface area contributed by atoms with Gasteiger partial charge in [-0.15, -0.1) is 11.3 Å². The van der Waals surface area contributed by atoms with Crippen molar-refractivity contribution in [3.63, 3.8) is 0 Å². The zero-order chi connectivity index (χ0) is 19.6. The molecule has 0 bridgehead atoms. The van der Waals surface area contributed by atoms with E-state index in [9.17, 15) is 9.59 Å². The van der Waals surface area contributed by atoms with Crippen LogP contribution in [0, 0.1) is 13.8 Å². The number of nitrogens with one attached hydrogen (secondary N) is 2. The lowest BCUT2D eigenvalue weighted by atomic mass is 10.0. The molecule has 5 nitrogen and oxygen atoms in total. The predicted molar refractivity (Wildman–Crippen MR) is 107 cm³/mol. The van der Waals surface area contributed by atoms with E-state index < -0.39 is 0 Å². The summed E-state index contributed by atoms with van der Waals surface area (Å²) in [6.45, 7) is 13.6. The molecule has 0 saturated heterocycles. The molecule has 0 aliphatic heterocycles. The average Bonchev–Trinajstić information content (AvgIpc) is 2.90. The lowest BCUT2D eigenvalue weighted by Gasteiger charge is -2.21. The van der Waals surface area contributed by atoms with E-state index in [0.717, 1.165) is 16.3 Å². The summed E-state index contributed by atoms with van der Waals surface area (Å²) < 4.78 is 0. The number of hydrogen-bond acceptors (Lipinski definition) is 4. The minimum atomic E-state index is -0.324. The zero-order valence-corrected chi connectivity index (χ0v) is 17.3. The first-order valence-corrected chi connectivity index (χ1v) is 9.52. The van der Waals surface area contributed by atoms with E-state index in [1.165, 1.54) is 11.3 Å². The molecule has 2 rings (SSSR count). The fourth-order valence-corrected chi connectivity index (χ4v) is 3.44. The van der Waals surface area contributed by atoms with E-state index in [1.807, 2.05) is 34.6 Å². The number of amides is 2. The van der Waals surface area contributed by atoms with Gasteiger partial charge in [0.15, 0.2) is 0 Å². The monoisotopic (exact) mass is 373 g/mol. The number of anilines is 1. The molecular weight excluding hydrogens is 346 g/mol. The van der Waals surface area contributed by atoms with Crippen molar-refractivity contribution in [2.75, 3.05) is 5.32 Å². The van der Waals surface area contributed by atoms with Crippen LogP contribution in [-0.2, 0) is 0 Å². The summed E-state index contributed by atoms with van der Waals surface area (Å²) in [4.78, 5) is 30.3. The van der Waals surface area contributed by atoms with E-state index in [4.69, 9.17) is 0 Å². The van der Waals surface area contributed by atoms with Crippen LogP contribution in [0.4, 0.5) is 5.69 Å². The molecular formula is C20H27N3O2S. The van der Waals surface area contributed by atoms with Crippen LogP contribution in [0.5, 0.6) is 0 Å². The van der Waals surface area contributed by atoms with Crippen molar-refractivity contribution in [3.8, 4) is 0 Å². The average molecular weight is 374 g/mol. The van der Waals surface area contributed by atoms with Gasteiger partial charge < -0.3 is 10.6 Å². The Balaban J connectivity index is 2.26. The van der Waals surface area contributed by atoms with Gasteiger partial charge in [-0.25, -0.2) is 4.98 Å². The smallest absolute Gasteiger partial charge is 0.267 e. The van der Waals surface area contributed by atoms with Crippen molar-refractivity contribution >= 4 is 28.8 Å². The second kappa shape index (κ2) is 7.58. The molecule has 26 heavy (non-hydrogen) atoms. The molecule has 140 valence electrons. The number of rotatable bonds is 4. The number of hydrogen-bond donors (Lipinski definition) is 2. The number of carbonyl (C=O) groups is 2. The minimum Gasteiger partial charge on any atom is -0.347 e. The van der Waals surface area contributed by atoms with Crippen LogP contribution in [0.3, 0.4) is 0 Å². The Morgan fingerprint density at radius 1 is 1.12 bits per heavy atom. The van der Waals surface area contributed by atoms with E-state index >= 15 is 0 Å². The quantitative estimate of drug-likeness (QED) is 0.818. The highest BCUT2D eigenvalue weighted by Gasteiger charge is 2.20. The summed E-state index contributed by atoms with van der Waals surface area (Å²) in [7, 11) is 0. The zero-order valence-electron chi connectivity index (χ0n) is 16.5. The molecule has 1 heterocycles. The van der Waals surface area contributed by atoms with Crippen LogP contribution in [0.25, 0.3) is 0 Å². The second-order valence-corrected chi connectivity index (χ2v) is 8.79. The highest BCUT2D eigenvalue weighted by atomic mass is 32.1. The molecule has 2 amide bonds. The lowest BCUT2D eigenvalue weighted by Crippen LogP contribution is -2.40. The lowest BCUT2D eigenvalue weighted by molar-refractivity contribution is 0.0918.